The van der Waals surface area contributed by atoms with Crippen LogP contribution in [-0.2, 0) is 14.3 Å². The standard InChI is InChI=1S/C25H24N2O4S/c1-26-12-10-16(11-13-26)24-18-4-2-3-5-20(18)32-21-7-6-17(14-19(21)24)25(30)31-15-27-22(28)8-9-23(27)29/h2-7,14H,8-13,15H2,1H3. The number of hydrogen-bond donors (Lipinski definition) is 0. The van der Waals surface area contributed by atoms with Crippen LogP contribution in [0.15, 0.2) is 57.8 Å². The molecule has 32 heavy (non-hydrogen) atoms. The smallest absolute Gasteiger partial charge is 0.339 e. The third-order valence-corrected chi connectivity index (χ3v) is 7.44. The van der Waals surface area contributed by atoms with Gasteiger partial charge in [-0.1, -0.05) is 35.5 Å². The molecule has 0 atom stereocenters. The van der Waals surface area contributed by atoms with Crippen LogP contribution in [0.3, 0.4) is 0 Å². The number of carbonyl (C=O) groups excluding carboxylic acids is 3. The van der Waals surface area contributed by atoms with Gasteiger partial charge in [-0.3, -0.25) is 9.59 Å². The Kier molecular flexibility index (Phi) is 5.61. The van der Waals surface area contributed by atoms with Crippen LogP contribution in [0.25, 0.3) is 5.57 Å². The van der Waals surface area contributed by atoms with Gasteiger partial charge in [0.25, 0.3) is 0 Å². The summed E-state index contributed by atoms with van der Waals surface area (Å²) in [6.45, 7) is 1.71. The summed E-state index contributed by atoms with van der Waals surface area (Å²) in [5.74, 6) is -1.12. The zero-order valence-corrected chi connectivity index (χ0v) is 18.7. The Morgan fingerprint density at radius 3 is 2.38 bits per heavy atom. The zero-order chi connectivity index (χ0) is 22.2. The number of amides is 2. The molecule has 2 fully saturated rings. The van der Waals surface area contributed by atoms with Gasteiger partial charge in [0, 0.05) is 35.7 Å². The average Bonchev–Trinajstić information content (AvgIpc) is 3.13. The SMILES string of the molecule is CN1CCC(=C2c3ccccc3Sc3ccc(C(=O)OCN4C(=O)CCC4=O)cc32)CC1. The van der Waals surface area contributed by atoms with Crippen molar-refractivity contribution < 1.29 is 19.1 Å². The monoisotopic (exact) mass is 448 g/mol. The van der Waals surface area contributed by atoms with Crippen molar-refractivity contribution in [3.63, 3.8) is 0 Å². The highest BCUT2D eigenvalue weighted by molar-refractivity contribution is 7.99. The average molecular weight is 449 g/mol. The lowest BCUT2D eigenvalue weighted by molar-refractivity contribution is -0.142. The fourth-order valence-electron chi connectivity index (χ4n) is 4.46. The highest BCUT2D eigenvalue weighted by Gasteiger charge is 2.30. The number of likely N-dealkylation sites (tertiary alicyclic amines) is 2. The minimum atomic E-state index is -0.531. The predicted octanol–water partition coefficient (Wildman–Crippen LogP) is 3.94. The van der Waals surface area contributed by atoms with E-state index < -0.39 is 5.97 Å². The number of fused-ring (bicyclic) bond motifs is 2. The Bertz CT molecular complexity index is 1130. The number of nitrogens with zero attached hydrogens (tertiary/aromatic N) is 2. The fraction of sp³-hybridized carbons (Fsp3) is 0.320. The summed E-state index contributed by atoms with van der Waals surface area (Å²) in [6, 6.07) is 14.0. The lowest BCUT2D eigenvalue weighted by Gasteiger charge is -2.30. The minimum absolute atomic E-state index is 0.179. The number of carbonyl (C=O) groups is 3. The number of piperidine rings is 1. The summed E-state index contributed by atoms with van der Waals surface area (Å²) in [4.78, 5) is 42.0. The van der Waals surface area contributed by atoms with Crippen molar-refractivity contribution in [1.82, 2.24) is 9.80 Å². The van der Waals surface area contributed by atoms with E-state index in [0.29, 0.717) is 5.56 Å². The van der Waals surface area contributed by atoms with Gasteiger partial charge >= 0.3 is 5.97 Å². The summed E-state index contributed by atoms with van der Waals surface area (Å²) in [5, 5.41) is 0. The van der Waals surface area contributed by atoms with Crippen LogP contribution < -0.4 is 0 Å². The number of rotatable bonds is 3. The molecular weight excluding hydrogens is 424 g/mol. The fourth-order valence-corrected chi connectivity index (χ4v) is 5.53. The number of imide groups is 1. The summed E-state index contributed by atoms with van der Waals surface area (Å²) in [6.07, 6.45) is 2.35. The van der Waals surface area contributed by atoms with Crippen LogP contribution in [0.2, 0.25) is 0 Å². The molecule has 0 radical (unpaired) electrons. The zero-order valence-electron chi connectivity index (χ0n) is 17.9. The Morgan fingerprint density at radius 1 is 0.938 bits per heavy atom. The number of hydrogen-bond acceptors (Lipinski definition) is 6. The van der Waals surface area contributed by atoms with Crippen molar-refractivity contribution in [3.05, 3.63) is 64.7 Å². The summed E-state index contributed by atoms with van der Waals surface area (Å²) in [5.41, 5.74) is 5.33. The molecule has 164 valence electrons. The van der Waals surface area contributed by atoms with E-state index in [1.807, 2.05) is 12.1 Å². The van der Waals surface area contributed by atoms with Crippen LogP contribution in [0.1, 0.15) is 47.2 Å². The van der Waals surface area contributed by atoms with Crippen LogP contribution in [0.5, 0.6) is 0 Å². The summed E-state index contributed by atoms with van der Waals surface area (Å²) < 4.78 is 5.32. The summed E-state index contributed by atoms with van der Waals surface area (Å²) in [7, 11) is 2.14. The van der Waals surface area contributed by atoms with E-state index in [-0.39, 0.29) is 31.4 Å². The van der Waals surface area contributed by atoms with E-state index in [1.165, 1.54) is 21.6 Å². The third kappa shape index (κ3) is 3.87. The first-order chi connectivity index (χ1) is 15.5. The molecule has 3 aliphatic rings. The second-order valence-corrected chi connectivity index (χ2v) is 9.45. The van der Waals surface area contributed by atoms with E-state index in [2.05, 4.69) is 36.2 Å². The van der Waals surface area contributed by atoms with E-state index in [1.54, 1.807) is 17.8 Å². The first-order valence-electron chi connectivity index (χ1n) is 10.8. The Balaban J connectivity index is 1.47. The molecule has 0 aromatic heterocycles. The van der Waals surface area contributed by atoms with Crippen LogP contribution in [0.4, 0.5) is 0 Å². The van der Waals surface area contributed by atoms with Gasteiger partial charge in [-0.2, -0.15) is 0 Å². The van der Waals surface area contributed by atoms with Gasteiger partial charge < -0.3 is 9.64 Å². The molecule has 0 aliphatic carbocycles. The largest absolute Gasteiger partial charge is 0.440 e. The van der Waals surface area contributed by atoms with Gasteiger partial charge in [-0.15, -0.1) is 0 Å². The van der Waals surface area contributed by atoms with Gasteiger partial charge in [0.2, 0.25) is 11.8 Å². The lowest BCUT2D eigenvalue weighted by Crippen LogP contribution is -2.32. The van der Waals surface area contributed by atoms with Gasteiger partial charge in [-0.05, 0) is 60.9 Å². The molecule has 0 bridgehead atoms. The van der Waals surface area contributed by atoms with Crippen molar-refractivity contribution in [2.45, 2.75) is 35.5 Å². The summed E-state index contributed by atoms with van der Waals surface area (Å²) >= 11 is 1.71. The normalized spacial score (nSPS) is 18.6. The van der Waals surface area contributed by atoms with Crippen molar-refractivity contribution in [2.24, 2.45) is 0 Å². The maximum absolute atomic E-state index is 12.8. The molecule has 0 saturated carbocycles. The quantitative estimate of drug-likeness (QED) is 0.447. The second kappa shape index (κ2) is 8.56. The molecule has 6 nitrogen and oxygen atoms in total. The Labute approximate surface area is 191 Å². The Hall–Kier alpha value is -2.90. The molecule has 2 saturated heterocycles. The van der Waals surface area contributed by atoms with Crippen LogP contribution >= 0.6 is 11.8 Å². The molecule has 0 N–H and O–H groups in total. The lowest BCUT2D eigenvalue weighted by atomic mass is 9.87. The molecule has 5 rings (SSSR count). The predicted molar refractivity (Wildman–Crippen MR) is 121 cm³/mol. The molecule has 3 heterocycles. The van der Waals surface area contributed by atoms with E-state index in [4.69, 9.17) is 4.74 Å². The first kappa shape index (κ1) is 21.0. The number of benzene rings is 2. The molecule has 2 aromatic carbocycles. The maximum Gasteiger partial charge on any atom is 0.339 e. The second-order valence-electron chi connectivity index (χ2n) is 8.37. The minimum Gasteiger partial charge on any atom is -0.440 e. The van der Waals surface area contributed by atoms with Gasteiger partial charge in [-0.25, -0.2) is 9.69 Å². The Morgan fingerprint density at radius 2 is 1.62 bits per heavy atom. The van der Waals surface area contributed by atoms with Gasteiger partial charge in [0.1, 0.15) is 0 Å². The molecule has 7 heteroatoms. The van der Waals surface area contributed by atoms with Crippen molar-refractivity contribution in [1.29, 1.82) is 0 Å². The highest BCUT2D eigenvalue weighted by Crippen LogP contribution is 2.48. The van der Waals surface area contributed by atoms with Gasteiger partial charge in [0.05, 0.1) is 5.56 Å². The highest BCUT2D eigenvalue weighted by atomic mass is 32.2. The first-order valence-corrected chi connectivity index (χ1v) is 11.7. The molecule has 2 amide bonds. The molecular formula is C25H24N2O4S. The van der Waals surface area contributed by atoms with Crippen molar-refractivity contribution in [2.75, 3.05) is 26.9 Å². The van der Waals surface area contributed by atoms with Crippen molar-refractivity contribution >= 4 is 35.1 Å². The van der Waals surface area contributed by atoms with E-state index in [9.17, 15) is 14.4 Å². The third-order valence-electron chi connectivity index (χ3n) is 6.28. The molecule has 3 aliphatic heterocycles. The molecule has 2 aromatic rings. The van der Waals surface area contributed by atoms with E-state index >= 15 is 0 Å². The molecule has 0 unspecified atom stereocenters. The topological polar surface area (TPSA) is 66.9 Å². The van der Waals surface area contributed by atoms with Crippen molar-refractivity contribution in [3.8, 4) is 0 Å². The van der Waals surface area contributed by atoms with E-state index in [0.717, 1.165) is 41.3 Å². The maximum atomic E-state index is 12.8. The molecule has 0 spiro atoms. The number of ether oxygens (including phenoxy) is 1. The van der Waals surface area contributed by atoms with Crippen LogP contribution in [0, 0.1) is 0 Å². The van der Waals surface area contributed by atoms with Crippen LogP contribution in [-0.4, -0.2) is 54.5 Å². The van der Waals surface area contributed by atoms with Gasteiger partial charge in [0.15, 0.2) is 6.73 Å². The number of esters is 1.